The summed E-state index contributed by atoms with van der Waals surface area (Å²) < 4.78 is 1.68. The lowest BCUT2D eigenvalue weighted by Crippen LogP contribution is -2.26. The van der Waals surface area contributed by atoms with Crippen molar-refractivity contribution in [2.45, 2.75) is 25.7 Å². The van der Waals surface area contributed by atoms with Crippen molar-refractivity contribution >= 4 is 45.8 Å². The van der Waals surface area contributed by atoms with Gasteiger partial charge >= 0.3 is 0 Å². The van der Waals surface area contributed by atoms with E-state index in [4.69, 9.17) is 0 Å². The highest BCUT2D eigenvalue weighted by Crippen LogP contribution is 2.32. The van der Waals surface area contributed by atoms with E-state index in [1.807, 2.05) is 20.2 Å². The lowest BCUT2D eigenvalue weighted by Gasteiger charge is -2.20. The standard InChI is InChI=1S/C17H20N6OS.ClH/c1-10-7-12(13-8-20-23(2)15(13)21-10)16(24)22-17-19-9-14(25-17)11-3-5-18-6-4-11;/h7-9,11,18H,3-6H2,1-2H3,(H,19,22,24);1H. The Morgan fingerprint density at radius 1 is 1.35 bits per heavy atom. The molecule has 26 heavy (non-hydrogen) atoms. The summed E-state index contributed by atoms with van der Waals surface area (Å²) in [4.78, 5) is 22.8. The predicted octanol–water partition coefficient (Wildman–Crippen LogP) is 2.87. The summed E-state index contributed by atoms with van der Waals surface area (Å²) in [6.45, 7) is 3.96. The average Bonchev–Trinajstić information content (AvgIpc) is 3.22. The van der Waals surface area contributed by atoms with Gasteiger partial charge < -0.3 is 5.32 Å². The second kappa shape index (κ2) is 7.69. The van der Waals surface area contributed by atoms with Gasteiger partial charge in [0.25, 0.3) is 5.91 Å². The third-order valence-electron chi connectivity index (χ3n) is 4.56. The molecule has 0 saturated carbocycles. The van der Waals surface area contributed by atoms with Crippen molar-refractivity contribution in [1.29, 1.82) is 0 Å². The number of hydrogen-bond acceptors (Lipinski definition) is 6. The van der Waals surface area contributed by atoms with Gasteiger partial charge in [-0.15, -0.1) is 23.7 Å². The first kappa shape index (κ1) is 18.8. The van der Waals surface area contributed by atoms with E-state index in [-0.39, 0.29) is 18.3 Å². The summed E-state index contributed by atoms with van der Waals surface area (Å²) in [5.41, 5.74) is 2.07. The van der Waals surface area contributed by atoms with Gasteiger partial charge in [0.2, 0.25) is 0 Å². The first-order valence-corrected chi connectivity index (χ1v) is 9.20. The Bertz CT molecular complexity index is 931. The van der Waals surface area contributed by atoms with E-state index in [0.29, 0.717) is 22.3 Å². The normalized spacial score (nSPS) is 15.0. The zero-order chi connectivity index (χ0) is 17.4. The molecule has 3 aromatic rings. The molecule has 1 saturated heterocycles. The van der Waals surface area contributed by atoms with Crippen molar-refractivity contribution in [3.05, 3.63) is 34.6 Å². The molecule has 138 valence electrons. The van der Waals surface area contributed by atoms with Crippen LogP contribution in [0, 0.1) is 6.92 Å². The van der Waals surface area contributed by atoms with Gasteiger partial charge in [0, 0.05) is 23.8 Å². The number of amides is 1. The molecule has 7 nitrogen and oxygen atoms in total. The lowest BCUT2D eigenvalue weighted by molar-refractivity contribution is 0.102. The molecular formula is C17H21ClN6OS. The van der Waals surface area contributed by atoms with Crippen molar-refractivity contribution in [2.75, 3.05) is 18.4 Å². The molecule has 0 bridgehead atoms. The fraction of sp³-hybridized carbons (Fsp3) is 0.412. The maximum atomic E-state index is 12.8. The van der Waals surface area contributed by atoms with Gasteiger partial charge in [-0.3, -0.25) is 14.8 Å². The minimum Gasteiger partial charge on any atom is -0.317 e. The number of pyridine rings is 1. The second-order valence-electron chi connectivity index (χ2n) is 6.36. The van der Waals surface area contributed by atoms with Crippen molar-refractivity contribution in [3.63, 3.8) is 0 Å². The molecule has 0 atom stereocenters. The molecule has 0 unspecified atom stereocenters. The molecule has 0 spiro atoms. The largest absolute Gasteiger partial charge is 0.317 e. The molecule has 4 heterocycles. The number of carbonyl (C=O) groups is 1. The average molecular weight is 393 g/mol. The fourth-order valence-corrected chi connectivity index (χ4v) is 4.21. The fourth-order valence-electron chi connectivity index (χ4n) is 3.23. The maximum absolute atomic E-state index is 12.8. The summed E-state index contributed by atoms with van der Waals surface area (Å²) in [5.74, 6) is 0.368. The molecule has 4 rings (SSSR count). The van der Waals surface area contributed by atoms with E-state index < -0.39 is 0 Å². The summed E-state index contributed by atoms with van der Waals surface area (Å²) in [5, 5.41) is 11.9. The molecule has 1 aliphatic rings. The Kier molecular flexibility index (Phi) is 5.55. The summed E-state index contributed by atoms with van der Waals surface area (Å²) in [7, 11) is 1.82. The van der Waals surface area contributed by atoms with E-state index in [9.17, 15) is 4.79 Å². The zero-order valence-corrected chi connectivity index (χ0v) is 16.3. The molecular weight excluding hydrogens is 372 g/mol. The van der Waals surface area contributed by atoms with E-state index in [1.165, 1.54) is 4.88 Å². The minimum atomic E-state index is -0.172. The number of piperidine rings is 1. The zero-order valence-electron chi connectivity index (χ0n) is 14.7. The number of halogens is 1. The van der Waals surface area contributed by atoms with Crippen molar-refractivity contribution in [2.24, 2.45) is 7.05 Å². The molecule has 2 N–H and O–H groups in total. The summed E-state index contributed by atoms with van der Waals surface area (Å²) >= 11 is 1.57. The Hall–Kier alpha value is -2.03. The summed E-state index contributed by atoms with van der Waals surface area (Å²) in [6, 6.07) is 1.79. The van der Waals surface area contributed by atoms with Gasteiger partial charge in [-0.05, 0) is 44.8 Å². The van der Waals surface area contributed by atoms with Gasteiger partial charge in [-0.1, -0.05) is 0 Å². The molecule has 0 aliphatic carbocycles. The Morgan fingerprint density at radius 2 is 2.12 bits per heavy atom. The topological polar surface area (TPSA) is 84.7 Å². The highest BCUT2D eigenvalue weighted by molar-refractivity contribution is 7.15. The third-order valence-corrected chi connectivity index (χ3v) is 5.64. The first-order chi connectivity index (χ1) is 12.1. The van der Waals surface area contributed by atoms with Crippen molar-refractivity contribution in [1.82, 2.24) is 25.1 Å². The number of nitrogens with one attached hydrogen (secondary N) is 2. The van der Waals surface area contributed by atoms with Crippen molar-refractivity contribution < 1.29 is 4.79 Å². The van der Waals surface area contributed by atoms with Crippen LogP contribution in [-0.2, 0) is 7.05 Å². The van der Waals surface area contributed by atoms with Crippen molar-refractivity contribution in [3.8, 4) is 0 Å². The van der Waals surface area contributed by atoms with Crippen LogP contribution >= 0.6 is 23.7 Å². The van der Waals surface area contributed by atoms with Gasteiger partial charge in [0.1, 0.15) is 0 Å². The molecule has 0 radical (unpaired) electrons. The van der Waals surface area contributed by atoms with Crippen LogP contribution in [0.4, 0.5) is 5.13 Å². The van der Waals surface area contributed by atoms with Gasteiger partial charge in [-0.2, -0.15) is 5.10 Å². The maximum Gasteiger partial charge on any atom is 0.258 e. The molecule has 1 fully saturated rings. The number of anilines is 1. The number of fused-ring (bicyclic) bond motifs is 1. The van der Waals surface area contributed by atoms with Crippen LogP contribution < -0.4 is 10.6 Å². The lowest BCUT2D eigenvalue weighted by atomic mass is 9.97. The highest BCUT2D eigenvalue weighted by Gasteiger charge is 2.20. The van der Waals surface area contributed by atoms with E-state index in [0.717, 1.165) is 37.0 Å². The SMILES string of the molecule is Cc1cc(C(=O)Nc2ncc(C3CCNCC3)s2)c2cnn(C)c2n1.Cl. The number of aromatic nitrogens is 4. The first-order valence-electron chi connectivity index (χ1n) is 8.39. The minimum absolute atomic E-state index is 0. The Morgan fingerprint density at radius 3 is 2.88 bits per heavy atom. The van der Waals surface area contributed by atoms with Crippen LogP contribution in [0.3, 0.4) is 0 Å². The molecule has 1 amide bonds. The number of aryl methyl sites for hydroxylation is 2. The van der Waals surface area contributed by atoms with Gasteiger partial charge in [-0.25, -0.2) is 9.97 Å². The Labute approximate surface area is 161 Å². The quantitative estimate of drug-likeness (QED) is 0.715. The van der Waals surface area contributed by atoms with Crippen LogP contribution in [0.25, 0.3) is 11.0 Å². The van der Waals surface area contributed by atoms with Crippen LogP contribution in [0.2, 0.25) is 0 Å². The van der Waals surface area contributed by atoms with Crippen LogP contribution in [-0.4, -0.2) is 38.7 Å². The van der Waals surface area contributed by atoms with E-state index in [2.05, 4.69) is 25.7 Å². The number of rotatable bonds is 3. The highest BCUT2D eigenvalue weighted by atomic mass is 35.5. The molecule has 1 aliphatic heterocycles. The van der Waals surface area contributed by atoms with E-state index in [1.54, 1.807) is 28.3 Å². The smallest absolute Gasteiger partial charge is 0.258 e. The Balaban J connectivity index is 0.00000196. The second-order valence-corrected chi connectivity index (χ2v) is 7.43. The molecule has 3 aromatic heterocycles. The van der Waals surface area contributed by atoms with Gasteiger partial charge in [0.05, 0.1) is 17.1 Å². The number of hydrogen-bond donors (Lipinski definition) is 2. The monoisotopic (exact) mass is 392 g/mol. The van der Waals surface area contributed by atoms with Crippen LogP contribution in [0.1, 0.15) is 39.7 Å². The third kappa shape index (κ3) is 3.58. The van der Waals surface area contributed by atoms with E-state index >= 15 is 0 Å². The predicted molar refractivity (Wildman–Crippen MR) is 105 cm³/mol. The number of thiazole rings is 1. The van der Waals surface area contributed by atoms with Crippen LogP contribution in [0.5, 0.6) is 0 Å². The molecule has 0 aromatic carbocycles. The molecule has 9 heteroatoms. The van der Waals surface area contributed by atoms with Gasteiger partial charge in [0.15, 0.2) is 10.8 Å². The number of nitrogens with zero attached hydrogens (tertiary/aromatic N) is 4. The number of carbonyl (C=O) groups excluding carboxylic acids is 1. The van der Waals surface area contributed by atoms with Crippen LogP contribution in [0.15, 0.2) is 18.5 Å². The summed E-state index contributed by atoms with van der Waals surface area (Å²) in [6.07, 6.45) is 5.82.